The maximum absolute atomic E-state index is 13.6. The molecule has 2 rings (SSSR count). The number of nitrogens with two attached hydrogens (primary N) is 1. The molecule has 1 atom stereocenters. The molecule has 0 amide bonds. The van der Waals surface area contributed by atoms with Crippen LogP contribution >= 0.6 is 0 Å². The highest BCUT2D eigenvalue weighted by molar-refractivity contribution is 5.35. The predicted octanol–water partition coefficient (Wildman–Crippen LogP) is 3.00. The molecule has 94 valence electrons. The van der Waals surface area contributed by atoms with Crippen molar-refractivity contribution >= 4 is 0 Å². The lowest BCUT2D eigenvalue weighted by molar-refractivity contribution is 0.599. The van der Waals surface area contributed by atoms with Crippen LogP contribution in [0, 0.1) is 19.7 Å². The van der Waals surface area contributed by atoms with Gasteiger partial charge in [0, 0.05) is 0 Å². The minimum atomic E-state index is -0.208. The van der Waals surface area contributed by atoms with E-state index in [-0.39, 0.29) is 11.9 Å². The van der Waals surface area contributed by atoms with E-state index >= 15 is 0 Å². The summed E-state index contributed by atoms with van der Waals surface area (Å²) in [6.45, 7) is 3.77. The molecular formula is C15H17FN2. The van der Waals surface area contributed by atoms with Gasteiger partial charge in [0.1, 0.15) is 5.82 Å². The Morgan fingerprint density at radius 2 is 1.78 bits per heavy atom. The van der Waals surface area contributed by atoms with Crippen LogP contribution in [0.4, 0.5) is 4.39 Å². The third kappa shape index (κ3) is 2.58. The van der Waals surface area contributed by atoms with Crippen molar-refractivity contribution < 1.29 is 4.39 Å². The molecular weight excluding hydrogens is 227 g/mol. The maximum Gasteiger partial charge on any atom is 0.126 e. The second kappa shape index (κ2) is 5.29. The zero-order valence-corrected chi connectivity index (χ0v) is 10.6. The molecule has 3 heteroatoms. The number of hydrazine groups is 1. The first kappa shape index (κ1) is 12.7. The Balaban J connectivity index is 2.42. The highest BCUT2D eigenvalue weighted by Crippen LogP contribution is 2.23. The van der Waals surface area contributed by atoms with E-state index in [1.807, 2.05) is 37.3 Å². The number of nitrogens with one attached hydrogen (secondary N) is 1. The van der Waals surface area contributed by atoms with Crippen molar-refractivity contribution in [2.45, 2.75) is 19.9 Å². The Labute approximate surface area is 107 Å². The monoisotopic (exact) mass is 244 g/mol. The summed E-state index contributed by atoms with van der Waals surface area (Å²) in [6.07, 6.45) is 0. The molecule has 0 fully saturated rings. The van der Waals surface area contributed by atoms with Gasteiger partial charge in [0.05, 0.1) is 6.04 Å². The van der Waals surface area contributed by atoms with E-state index in [1.165, 1.54) is 6.07 Å². The van der Waals surface area contributed by atoms with Gasteiger partial charge in [-0.2, -0.15) is 0 Å². The van der Waals surface area contributed by atoms with E-state index in [1.54, 1.807) is 13.0 Å². The zero-order valence-electron chi connectivity index (χ0n) is 10.6. The molecule has 1 unspecified atom stereocenters. The van der Waals surface area contributed by atoms with Gasteiger partial charge in [0.15, 0.2) is 0 Å². The number of benzene rings is 2. The summed E-state index contributed by atoms with van der Waals surface area (Å²) in [5.74, 6) is 5.39. The van der Waals surface area contributed by atoms with E-state index in [0.717, 1.165) is 16.7 Å². The molecule has 0 saturated carbocycles. The van der Waals surface area contributed by atoms with Gasteiger partial charge in [-0.15, -0.1) is 0 Å². The van der Waals surface area contributed by atoms with E-state index in [9.17, 15) is 4.39 Å². The van der Waals surface area contributed by atoms with Gasteiger partial charge in [0.2, 0.25) is 0 Å². The molecule has 0 heterocycles. The van der Waals surface area contributed by atoms with E-state index < -0.39 is 0 Å². The summed E-state index contributed by atoms with van der Waals surface area (Å²) in [6, 6.07) is 13.0. The van der Waals surface area contributed by atoms with Gasteiger partial charge >= 0.3 is 0 Å². The average Bonchev–Trinajstić information content (AvgIpc) is 2.35. The van der Waals surface area contributed by atoms with Crippen LogP contribution in [0.15, 0.2) is 42.5 Å². The van der Waals surface area contributed by atoms with E-state index in [0.29, 0.717) is 5.56 Å². The fourth-order valence-electron chi connectivity index (χ4n) is 2.02. The molecule has 2 aromatic carbocycles. The Kier molecular flexibility index (Phi) is 3.75. The van der Waals surface area contributed by atoms with E-state index in [4.69, 9.17) is 5.84 Å². The number of hydrogen-bond donors (Lipinski definition) is 2. The second-order valence-corrected chi connectivity index (χ2v) is 4.52. The van der Waals surface area contributed by atoms with Crippen molar-refractivity contribution in [3.8, 4) is 0 Å². The number of halogens is 1. The lowest BCUT2D eigenvalue weighted by atomic mass is 9.97. The fraction of sp³-hybridized carbons (Fsp3) is 0.200. The first-order valence-corrected chi connectivity index (χ1v) is 5.90. The SMILES string of the molecule is Cc1cccc(C(NN)c2ccc(C)c(F)c2)c1. The van der Waals surface area contributed by atoms with Gasteiger partial charge in [-0.25, -0.2) is 9.82 Å². The molecule has 0 aliphatic carbocycles. The van der Waals surface area contributed by atoms with Gasteiger partial charge in [-0.3, -0.25) is 5.84 Å². The Bertz CT molecular complexity index is 552. The van der Waals surface area contributed by atoms with Crippen molar-refractivity contribution in [2.75, 3.05) is 0 Å². The third-order valence-electron chi connectivity index (χ3n) is 3.07. The number of hydrogen-bond acceptors (Lipinski definition) is 2. The van der Waals surface area contributed by atoms with Crippen molar-refractivity contribution in [1.29, 1.82) is 0 Å². The minimum absolute atomic E-state index is 0.194. The molecule has 18 heavy (non-hydrogen) atoms. The highest BCUT2D eigenvalue weighted by atomic mass is 19.1. The van der Waals surface area contributed by atoms with Gasteiger partial charge < -0.3 is 0 Å². The van der Waals surface area contributed by atoms with Crippen molar-refractivity contribution in [3.63, 3.8) is 0 Å². The average molecular weight is 244 g/mol. The molecule has 0 aliphatic rings. The van der Waals surface area contributed by atoms with Crippen LogP contribution in [0.25, 0.3) is 0 Å². The molecule has 2 aromatic rings. The highest BCUT2D eigenvalue weighted by Gasteiger charge is 2.13. The molecule has 2 nitrogen and oxygen atoms in total. The Hall–Kier alpha value is -1.71. The third-order valence-corrected chi connectivity index (χ3v) is 3.07. The van der Waals surface area contributed by atoms with Crippen molar-refractivity contribution in [3.05, 3.63) is 70.5 Å². The van der Waals surface area contributed by atoms with Crippen LogP contribution in [-0.2, 0) is 0 Å². The predicted molar refractivity (Wildman–Crippen MR) is 71.5 cm³/mol. The smallest absolute Gasteiger partial charge is 0.126 e. The molecule has 0 bridgehead atoms. The van der Waals surface area contributed by atoms with Crippen molar-refractivity contribution in [2.24, 2.45) is 5.84 Å². The maximum atomic E-state index is 13.6. The standard InChI is InChI=1S/C15H17FN2/c1-10-4-3-5-12(8-10)15(18-17)13-7-6-11(2)14(16)9-13/h3-9,15,18H,17H2,1-2H3. The molecule has 0 saturated heterocycles. The first-order chi connectivity index (χ1) is 8.61. The second-order valence-electron chi connectivity index (χ2n) is 4.52. The first-order valence-electron chi connectivity index (χ1n) is 5.90. The fourth-order valence-corrected chi connectivity index (χ4v) is 2.02. The van der Waals surface area contributed by atoms with Crippen LogP contribution in [-0.4, -0.2) is 0 Å². The molecule has 0 spiro atoms. The quantitative estimate of drug-likeness (QED) is 0.643. The topological polar surface area (TPSA) is 38.0 Å². The van der Waals surface area contributed by atoms with Crippen molar-refractivity contribution in [1.82, 2.24) is 5.43 Å². The normalized spacial score (nSPS) is 12.4. The summed E-state index contributed by atoms with van der Waals surface area (Å²) >= 11 is 0. The van der Waals surface area contributed by atoms with Crippen LogP contribution < -0.4 is 11.3 Å². The summed E-state index contributed by atoms with van der Waals surface area (Å²) in [7, 11) is 0. The summed E-state index contributed by atoms with van der Waals surface area (Å²) < 4.78 is 13.6. The minimum Gasteiger partial charge on any atom is -0.271 e. The number of aryl methyl sites for hydroxylation is 2. The van der Waals surface area contributed by atoms with E-state index in [2.05, 4.69) is 5.43 Å². The largest absolute Gasteiger partial charge is 0.271 e. The van der Waals surface area contributed by atoms with Crippen LogP contribution in [0.2, 0.25) is 0 Å². The zero-order chi connectivity index (χ0) is 13.1. The summed E-state index contributed by atoms with van der Waals surface area (Å²) in [4.78, 5) is 0. The number of rotatable bonds is 3. The van der Waals surface area contributed by atoms with Gasteiger partial charge in [0.25, 0.3) is 0 Å². The lowest BCUT2D eigenvalue weighted by Gasteiger charge is -2.18. The van der Waals surface area contributed by atoms with Gasteiger partial charge in [-0.1, -0.05) is 42.0 Å². The molecule has 0 aliphatic heterocycles. The van der Waals surface area contributed by atoms with Crippen LogP contribution in [0.1, 0.15) is 28.3 Å². The molecule has 3 N–H and O–H groups in total. The van der Waals surface area contributed by atoms with Crippen LogP contribution in [0.3, 0.4) is 0 Å². The molecule has 0 radical (unpaired) electrons. The van der Waals surface area contributed by atoms with Crippen LogP contribution in [0.5, 0.6) is 0 Å². The lowest BCUT2D eigenvalue weighted by Crippen LogP contribution is -2.29. The Morgan fingerprint density at radius 3 is 2.39 bits per heavy atom. The Morgan fingerprint density at radius 1 is 1.06 bits per heavy atom. The summed E-state index contributed by atoms with van der Waals surface area (Å²) in [5.41, 5.74) is 6.39. The summed E-state index contributed by atoms with van der Waals surface area (Å²) in [5, 5.41) is 0. The molecule has 0 aromatic heterocycles. The van der Waals surface area contributed by atoms with Gasteiger partial charge in [-0.05, 0) is 36.6 Å².